The molecule has 1 N–H and O–H groups in total. The van der Waals surface area contributed by atoms with Crippen LogP contribution in [0.3, 0.4) is 0 Å². The molecule has 1 aromatic rings. The van der Waals surface area contributed by atoms with Gasteiger partial charge < -0.3 is 5.11 Å². The van der Waals surface area contributed by atoms with E-state index in [-0.39, 0.29) is 5.78 Å². The number of hydrogen-bond acceptors (Lipinski definition) is 2. The molecule has 2 heteroatoms. The fourth-order valence-electron chi connectivity index (χ4n) is 3.71. The largest absolute Gasteiger partial charge is 0.377 e. The third kappa shape index (κ3) is 1.89. The second kappa shape index (κ2) is 4.51. The van der Waals surface area contributed by atoms with E-state index in [2.05, 4.69) is 0 Å². The molecule has 0 saturated heterocycles. The van der Waals surface area contributed by atoms with Gasteiger partial charge in [-0.1, -0.05) is 49.6 Å². The number of ketones is 1. The van der Waals surface area contributed by atoms with Crippen molar-refractivity contribution in [1.82, 2.24) is 0 Å². The molecule has 0 bridgehead atoms. The van der Waals surface area contributed by atoms with Crippen LogP contribution in [0.4, 0.5) is 0 Å². The number of hydrogen-bond donors (Lipinski definition) is 1. The van der Waals surface area contributed by atoms with E-state index < -0.39 is 5.60 Å². The maximum Gasteiger partial charge on any atom is 0.169 e. The number of aliphatic hydroxyl groups is 1. The van der Waals surface area contributed by atoms with Crippen molar-refractivity contribution in [1.29, 1.82) is 0 Å². The van der Waals surface area contributed by atoms with Crippen LogP contribution in [-0.2, 0) is 10.4 Å². The molecule has 18 heavy (non-hydrogen) atoms. The molecule has 0 unspecified atom stereocenters. The summed E-state index contributed by atoms with van der Waals surface area (Å²) in [5.74, 6) is 1.08. The van der Waals surface area contributed by atoms with Crippen LogP contribution in [0.5, 0.6) is 0 Å². The molecule has 96 valence electrons. The van der Waals surface area contributed by atoms with E-state index >= 15 is 0 Å². The van der Waals surface area contributed by atoms with Crippen molar-refractivity contribution in [3.05, 3.63) is 35.9 Å². The van der Waals surface area contributed by atoms with E-state index in [4.69, 9.17) is 0 Å². The van der Waals surface area contributed by atoms with Crippen LogP contribution in [0, 0.1) is 11.8 Å². The second-order valence-corrected chi connectivity index (χ2v) is 5.86. The normalized spacial score (nSPS) is 36.2. The van der Waals surface area contributed by atoms with Crippen molar-refractivity contribution in [3.63, 3.8) is 0 Å². The van der Waals surface area contributed by atoms with Gasteiger partial charge in [-0.3, -0.25) is 4.79 Å². The first-order chi connectivity index (χ1) is 8.70. The zero-order chi connectivity index (χ0) is 12.6. The molecule has 0 aromatic heterocycles. The lowest BCUT2D eigenvalue weighted by molar-refractivity contribution is -0.149. The van der Waals surface area contributed by atoms with Crippen LogP contribution in [0.25, 0.3) is 0 Å². The van der Waals surface area contributed by atoms with E-state index in [1.54, 1.807) is 0 Å². The van der Waals surface area contributed by atoms with E-state index in [1.807, 2.05) is 30.3 Å². The number of benzene rings is 1. The Labute approximate surface area is 108 Å². The van der Waals surface area contributed by atoms with E-state index in [1.165, 1.54) is 25.7 Å². The summed E-state index contributed by atoms with van der Waals surface area (Å²) in [6, 6.07) is 9.47. The summed E-state index contributed by atoms with van der Waals surface area (Å²) in [6.07, 6.45) is 6.03. The van der Waals surface area contributed by atoms with Gasteiger partial charge in [0.2, 0.25) is 0 Å². The van der Waals surface area contributed by atoms with Crippen LogP contribution in [0.1, 0.15) is 44.1 Å². The molecule has 0 amide bonds. The summed E-state index contributed by atoms with van der Waals surface area (Å²) in [5, 5.41) is 10.8. The van der Waals surface area contributed by atoms with Crippen molar-refractivity contribution in [2.45, 2.75) is 44.1 Å². The lowest BCUT2D eigenvalue weighted by atomic mass is 9.63. The summed E-state index contributed by atoms with van der Waals surface area (Å²) in [4.78, 5) is 12.3. The Kier molecular flexibility index (Phi) is 2.98. The summed E-state index contributed by atoms with van der Waals surface area (Å²) < 4.78 is 0. The summed E-state index contributed by atoms with van der Waals surface area (Å²) in [7, 11) is 0. The first kappa shape index (κ1) is 11.9. The standard InChI is InChI=1S/C16H20O2/c17-15-10-12-6-4-5-7-13(12)11-16(15,18)14-8-2-1-3-9-14/h1-3,8-9,12-13,18H,4-7,10-11H2/t12-,13-,16-/m0/s1. The lowest BCUT2D eigenvalue weighted by Gasteiger charge is -2.43. The predicted molar refractivity (Wildman–Crippen MR) is 70.0 cm³/mol. The van der Waals surface area contributed by atoms with E-state index in [9.17, 15) is 9.90 Å². The molecule has 2 fully saturated rings. The topological polar surface area (TPSA) is 37.3 Å². The average Bonchev–Trinajstić information content (AvgIpc) is 2.41. The first-order valence-corrected chi connectivity index (χ1v) is 7.01. The Balaban J connectivity index is 1.90. The Morgan fingerprint density at radius 2 is 1.72 bits per heavy atom. The zero-order valence-electron chi connectivity index (χ0n) is 10.6. The van der Waals surface area contributed by atoms with Crippen LogP contribution < -0.4 is 0 Å². The Morgan fingerprint density at radius 1 is 1.06 bits per heavy atom. The third-order valence-corrected chi connectivity index (χ3v) is 4.78. The zero-order valence-corrected chi connectivity index (χ0v) is 10.6. The third-order valence-electron chi connectivity index (χ3n) is 4.78. The van der Waals surface area contributed by atoms with Gasteiger partial charge in [-0.15, -0.1) is 0 Å². The second-order valence-electron chi connectivity index (χ2n) is 5.86. The molecule has 0 spiro atoms. The fourth-order valence-corrected chi connectivity index (χ4v) is 3.71. The Hall–Kier alpha value is -1.15. The number of Topliss-reactive ketones (excluding diaryl/α,β-unsaturated/α-hetero) is 1. The van der Waals surface area contributed by atoms with Gasteiger partial charge in [0.1, 0.15) is 5.60 Å². The molecule has 0 aliphatic heterocycles. The number of rotatable bonds is 1. The van der Waals surface area contributed by atoms with Gasteiger partial charge in [-0.25, -0.2) is 0 Å². The van der Waals surface area contributed by atoms with Crippen LogP contribution >= 0.6 is 0 Å². The van der Waals surface area contributed by atoms with E-state index in [0.29, 0.717) is 24.7 Å². The maximum atomic E-state index is 12.3. The van der Waals surface area contributed by atoms with E-state index in [0.717, 1.165) is 5.56 Å². The summed E-state index contributed by atoms with van der Waals surface area (Å²) in [5.41, 5.74) is -0.446. The van der Waals surface area contributed by atoms with Gasteiger partial charge in [-0.2, -0.15) is 0 Å². The maximum absolute atomic E-state index is 12.3. The molecular weight excluding hydrogens is 224 g/mol. The van der Waals surface area contributed by atoms with Gasteiger partial charge in [0.05, 0.1) is 0 Å². The molecule has 2 nitrogen and oxygen atoms in total. The molecule has 2 saturated carbocycles. The molecule has 3 rings (SSSR count). The van der Waals surface area contributed by atoms with Crippen molar-refractivity contribution in [3.8, 4) is 0 Å². The molecule has 1 aromatic carbocycles. The van der Waals surface area contributed by atoms with Crippen LogP contribution in [-0.4, -0.2) is 10.9 Å². The predicted octanol–water partition coefficient (Wildman–Crippen LogP) is 3.04. The molecular formula is C16H20O2. The smallest absolute Gasteiger partial charge is 0.169 e. The van der Waals surface area contributed by atoms with Crippen molar-refractivity contribution < 1.29 is 9.90 Å². The van der Waals surface area contributed by atoms with Gasteiger partial charge in [0.15, 0.2) is 5.78 Å². The summed E-state index contributed by atoms with van der Waals surface area (Å²) in [6.45, 7) is 0. The minimum atomic E-state index is -1.22. The number of fused-ring (bicyclic) bond motifs is 1. The first-order valence-electron chi connectivity index (χ1n) is 7.01. The average molecular weight is 244 g/mol. The van der Waals surface area contributed by atoms with Gasteiger partial charge in [0, 0.05) is 6.42 Å². The highest BCUT2D eigenvalue weighted by Crippen LogP contribution is 2.46. The van der Waals surface area contributed by atoms with Gasteiger partial charge in [0.25, 0.3) is 0 Å². The minimum absolute atomic E-state index is 0.0249. The highest BCUT2D eigenvalue weighted by atomic mass is 16.3. The Bertz CT molecular complexity index is 440. The highest BCUT2D eigenvalue weighted by molar-refractivity contribution is 5.89. The summed E-state index contributed by atoms with van der Waals surface area (Å²) >= 11 is 0. The molecule has 0 heterocycles. The Morgan fingerprint density at radius 3 is 2.44 bits per heavy atom. The highest BCUT2D eigenvalue weighted by Gasteiger charge is 2.47. The van der Waals surface area contributed by atoms with Gasteiger partial charge >= 0.3 is 0 Å². The van der Waals surface area contributed by atoms with Crippen molar-refractivity contribution in [2.24, 2.45) is 11.8 Å². The molecule has 0 radical (unpaired) electrons. The number of carbonyl (C=O) groups excluding carboxylic acids is 1. The van der Waals surface area contributed by atoms with Crippen LogP contribution in [0.2, 0.25) is 0 Å². The SMILES string of the molecule is O=C1C[C@@H]2CCCC[C@H]2C[C@]1(O)c1ccccc1. The fraction of sp³-hybridized carbons (Fsp3) is 0.562. The lowest BCUT2D eigenvalue weighted by Crippen LogP contribution is -2.45. The van der Waals surface area contributed by atoms with Gasteiger partial charge in [-0.05, 0) is 30.2 Å². The molecule has 2 aliphatic rings. The molecule has 3 atom stereocenters. The molecule has 2 aliphatic carbocycles. The van der Waals surface area contributed by atoms with Crippen LogP contribution in [0.15, 0.2) is 30.3 Å². The minimum Gasteiger partial charge on any atom is -0.377 e. The number of carbonyl (C=O) groups is 1. The quantitative estimate of drug-likeness (QED) is 0.824. The van der Waals surface area contributed by atoms with Crippen molar-refractivity contribution >= 4 is 5.78 Å². The van der Waals surface area contributed by atoms with Crippen molar-refractivity contribution in [2.75, 3.05) is 0 Å². The monoisotopic (exact) mass is 244 g/mol.